The highest BCUT2D eigenvalue weighted by Crippen LogP contribution is 2.20. The van der Waals surface area contributed by atoms with Crippen LogP contribution in [0.25, 0.3) is 11.0 Å². The summed E-state index contributed by atoms with van der Waals surface area (Å²) >= 11 is 0. The van der Waals surface area contributed by atoms with Crippen molar-refractivity contribution < 1.29 is 4.39 Å². The van der Waals surface area contributed by atoms with E-state index in [-0.39, 0.29) is 11.5 Å². The van der Waals surface area contributed by atoms with Crippen LogP contribution in [0, 0.1) is 12.7 Å². The van der Waals surface area contributed by atoms with Crippen molar-refractivity contribution >= 4 is 16.7 Å². The van der Waals surface area contributed by atoms with Gasteiger partial charge in [0.15, 0.2) is 5.82 Å². The lowest BCUT2D eigenvalue weighted by Gasteiger charge is -2.09. The van der Waals surface area contributed by atoms with Crippen molar-refractivity contribution in [2.75, 3.05) is 5.73 Å². The Balaban J connectivity index is 2.11. The number of rotatable bonds is 2. The molecule has 1 heterocycles. The van der Waals surface area contributed by atoms with Crippen molar-refractivity contribution in [2.45, 2.75) is 13.5 Å². The Bertz CT molecular complexity index is 746. The van der Waals surface area contributed by atoms with Gasteiger partial charge in [-0.1, -0.05) is 24.3 Å². The van der Waals surface area contributed by atoms with E-state index in [1.165, 1.54) is 0 Å². The fraction of sp³-hybridized carbons (Fsp3) is 0.133. The van der Waals surface area contributed by atoms with Crippen LogP contribution in [0.4, 0.5) is 10.1 Å². The van der Waals surface area contributed by atoms with Crippen LogP contribution in [-0.2, 0) is 6.54 Å². The fourth-order valence-corrected chi connectivity index (χ4v) is 2.29. The average molecular weight is 255 g/mol. The van der Waals surface area contributed by atoms with Crippen molar-refractivity contribution in [3.05, 3.63) is 59.7 Å². The number of nitrogen functional groups attached to an aromatic ring is 1. The third-order valence-electron chi connectivity index (χ3n) is 3.28. The smallest absolute Gasteiger partial charge is 0.151 e. The number of halogens is 1. The molecule has 0 aliphatic heterocycles. The minimum absolute atomic E-state index is 0.180. The van der Waals surface area contributed by atoms with E-state index in [1.807, 2.05) is 35.8 Å². The van der Waals surface area contributed by atoms with Crippen LogP contribution in [0.15, 0.2) is 42.5 Å². The van der Waals surface area contributed by atoms with Crippen LogP contribution in [0.2, 0.25) is 0 Å². The van der Waals surface area contributed by atoms with Crippen LogP contribution in [0.1, 0.15) is 11.4 Å². The van der Waals surface area contributed by atoms with Crippen LogP contribution >= 0.6 is 0 Å². The molecule has 3 aromatic rings. The third kappa shape index (κ3) is 1.95. The van der Waals surface area contributed by atoms with Crippen LogP contribution in [0.5, 0.6) is 0 Å². The van der Waals surface area contributed by atoms with Crippen molar-refractivity contribution in [1.29, 1.82) is 0 Å². The maximum atomic E-state index is 14.0. The standard InChI is InChI=1S/C15H14FN3/c1-10-18-13-7-2-3-8-14(13)19(10)9-11-5-4-6-12(17)15(11)16/h2-8H,9,17H2,1H3. The number of aryl methyl sites for hydroxylation is 1. The summed E-state index contributed by atoms with van der Waals surface area (Å²) in [6.07, 6.45) is 0. The van der Waals surface area contributed by atoms with Gasteiger partial charge in [-0.3, -0.25) is 0 Å². The van der Waals surface area contributed by atoms with E-state index < -0.39 is 0 Å². The molecule has 3 nitrogen and oxygen atoms in total. The molecule has 0 atom stereocenters. The summed E-state index contributed by atoms with van der Waals surface area (Å²) in [6, 6.07) is 12.9. The van der Waals surface area contributed by atoms with Gasteiger partial charge in [-0.05, 0) is 25.1 Å². The number of aromatic nitrogens is 2. The summed E-state index contributed by atoms with van der Waals surface area (Å²) in [5, 5.41) is 0. The Morgan fingerprint density at radius 1 is 1.16 bits per heavy atom. The van der Waals surface area contributed by atoms with Gasteiger partial charge in [-0.15, -0.1) is 0 Å². The molecule has 19 heavy (non-hydrogen) atoms. The Labute approximate surface area is 110 Å². The minimum Gasteiger partial charge on any atom is -0.396 e. The predicted molar refractivity (Wildman–Crippen MR) is 74.4 cm³/mol. The van der Waals surface area contributed by atoms with Gasteiger partial charge in [-0.2, -0.15) is 0 Å². The Morgan fingerprint density at radius 3 is 2.79 bits per heavy atom. The topological polar surface area (TPSA) is 43.8 Å². The van der Waals surface area contributed by atoms with E-state index in [0.29, 0.717) is 12.1 Å². The molecular formula is C15H14FN3. The van der Waals surface area contributed by atoms with Gasteiger partial charge < -0.3 is 10.3 Å². The quantitative estimate of drug-likeness (QED) is 0.715. The molecule has 0 aliphatic carbocycles. The zero-order valence-electron chi connectivity index (χ0n) is 10.6. The van der Waals surface area contributed by atoms with E-state index in [9.17, 15) is 4.39 Å². The molecule has 4 heteroatoms. The Kier molecular flexibility index (Phi) is 2.71. The van der Waals surface area contributed by atoms with Gasteiger partial charge in [0.2, 0.25) is 0 Å². The third-order valence-corrected chi connectivity index (χ3v) is 3.28. The predicted octanol–water partition coefficient (Wildman–Crippen LogP) is 3.11. The highest BCUT2D eigenvalue weighted by atomic mass is 19.1. The molecule has 0 bridgehead atoms. The normalized spacial score (nSPS) is 11.1. The van der Waals surface area contributed by atoms with Gasteiger partial charge in [0.25, 0.3) is 0 Å². The molecule has 1 aromatic heterocycles. The summed E-state index contributed by atoms with van der Waals surface area (Å²) in [7, 11) is 0. The van der Waals surface area contributed by atoms with E-state index in [0.717, 1.165) is 16.9 Å². The van der Waals surface area contributed by atoms with E-state index >= 15 is 0 Å². The van der Waals surface area contributed by atoms with Crippen molar-refractivity contribution in [2.24, 2.45) is 0 Å². The van der Waals surface area contributed by atoms with E-state index in [4.69, 9.17) is 5.73 Å². The maximum absolute atomic E-state index is 14.0. The summed E-state index contributed by atoms with van der Waals surface area (Å²) in [4.78, 5) is 4.47. The summed E-state index contributed by atoms with van der Waals surface area (Å²) in [6.45, 7) is 2.35. The zero-order chi connectivity index (χ0) is 13.4. The largest absolute Gasteiger partial charge is 0.396 e. The molecule has 2 N–H and O–H groups in total. The molecule has 0 aliphatic rings. The first kappa shape index (κ1) is 11.7. The van der Waals surface area contributed by atoms with E-state index in [2.05, 4.69) is 4.98 Å². The minimum atomic E-state index is -0.348. The SMILES string of the molecule is Cc1nc2ccccc2n1Cc1cccc(N)c1F. The van der Waals surface area contributed by atoms with Crippen molar-refractivity contribution in [1.82, 2.24) is 9.55 Å². The molecule has 0 fully saturated rings. The van der Waals surface area contributed by atoms with Gasteiger partial charge in [0, 0.05) is 5.56 Å². The van der Waals surface area contributed by atoms with Crippen LogP contribution in [-0.4, -0.2) is 9.55 Å². The highest BCUT2D eigenvalue weighted by molar-refractivity contribution is 5.76. The van der Waals surface area contributed by atoms with Gasteiger partial charge in [0.05, 0.1) is 23.3 Å². The number of hydrogen-bond acceptors (Lipinski definition) is 2. The van der Waals surface area contributed by atoms with Crippen LogP contribution in [0.3, 0.4) is 0 Å². The Morgan fingerprint density at radius 2 is 1.95 bits per heavy atom. The number of para-hydroxylation sites is 2. The molecule has 96 valence electrons. The van der Waals surface area contributed by atoms with Crippen molar-refractivity contribution in [3.63, 3.8) is 0 Å². The number of anilines is 1. The van der Waals surface area contributed by atoms with E-state index in [1.54, 1.807) is 18.2 Å². The second-order valence-corrected chi connectivity index (χ2v) is 4.55. The number of imidazole rings is 1. The summed E-state index contributed by atoms with van der Waals surface area (Å²) in [5.41, 5.74) is 8.28. The van der Waals surface area contributed by atoms with Gasteiger partial charge in [0.1, 0.15) is 5.82 Å². The lowest BCUT2D eigenvalue weighted by Crippen LogP contribution is -2.05. The second-order valence-electron chi connectivity index (χ2n) is 4.55. The average Bonchev–Trinajstić information content (AvgIpc) is 2.72. The summed E-state index contributed by atoms with van der Waals surface area (Å²) < 4.78 is 16.0. The van der Waals surface area contributed by atoms with Gasteiger partial charge >= 0.3 is 0 Å². The number of nitrogens with zero attached hydrogens (tertiary/aromatic N) is 2. The molecule has 0 unspecified atom stereocenters. The highest BCUT2D eigenvalue weighted by Gasteiger charge is 2.10. The monoisotopic (exact) mass is 255 g/mol. The lowest BCUT2D eigenvalue weighted by atomic mass is 10.2. The maximum Gasteiger partial charge on any atom is 0.151 e. The number of hydrogen-bond donors (Lipinski definition) is 1. The molecule has 0 radical (unpaired) electrons. The first-order chi connectivity index (χ1) is 9.16. The first-order valence-electron chi connectivity index (χ1n) is 6.11. The summed E-state index contributed by atoms with van der Waals surface area (Å²) in [5.74, 6) is 0.516. The lowest BCUT2D eigenvalue weighted by molar-refractivity contribution is 0.604. The first-order valence-corrected chi connectivity index (χ1v) is 6.11. The zero-order valence-corrected chi connectivity index (χ0v) is 10.6. The van der Waals surface area contributed by atoms with Gasteiger partial charge in [-0.25, -0.2) is 9.37 Å². The van der Waals surface area contributed by atoms with Crippen molar-refractivity contribution in [3.8, 4) is 0 Å². The molecule has 3 rings (SSSR count). The molecule has 0 saturated heterocycles. The Hall–Kier alpha value is -2.36. The van der Waals surface area contributed by atoms with Crippen LogP contribution < -0.4 is 5.73 Å². The molecule has 2 aromatic carbocycles. The number of nitrogens with two attached hydrogens (primary N) is 1. The number of benzene rings is 2. The molecule has 0 spiro atoms. The number of fused-ring (bicyclic) bond motifs is 1. The molecule has 0 amide bonds. The molecule has 0 saturated carbocycles. The second kappa shape index (κ2) is 4.39. The molecular weight excluding hydrogens is 241 g/mol. The fourth-order valence-electron chi connectivity index (χ4n) is 2.29.